The number of nitrogens with one attached hydrogen (secondary N) is 2. The fourth-order valence-electron chi connectivity index (χ4n) is 8.59. The van der Waals surface area contributed by atoms with Gasteiger partial charge >= 0.3 is 0 Å². The number of nitrogens with two attached hydrogens (primary N) is 1. The minimum atomic E-state index is -0.996. The summed E-state index contributed by atoms with van der Waals surface area (Å²) in [5.74, 6) is 0.533. The highest BCUT2D eigenvalue weighted by molar-refractivity contribution is 7.99. The number of para-hydroxylation sites is 1. The number of nitrogens with zero attached hydrogens (tertiary/aromatic N) is 4. The van der Waals surface area contributed by atoms with Gasteiger partial charge in [0.05, 0.1) is 56.8 Å². The summed E-state index contributed by atoms with van der Waals surface area (Å²) in [6.45, 7) is 6.31. The Morgan fingerprint density at radius 3 is 2.23 bits per heavy atom. The van der Waals surface area contributed by atoms with Crippen LogP contribution in [0.5, 0.6) is 11.5 Å². The van der Waals surface area contributed by atoms with Crippen LogP contribution in [-0.2, 0) is 23.8 Å². The molecule has 0 radical (unpaired) electrons. The molecule has 5 amide bonds. The topological polar surface area (TPSA) is 197 Å². The molecule has 2 atom stereocenters. The molecule has 4 aliphatic rings. The maximum Gasteiger partial charge on any atom is 0.263 e. The summed E-state index contributed by atoms with van der Waals surface area (Å²) in [6, 6.07) is 21.4. The third-order valence-corrected chi connectivity index (χ3v) is 12.7. The number of likely N-dealkylation sites (tertiary alicyclic amines) is 1. The van der Waals surface area contributed by atoms with Crippen molar-refractivity contribution in [2.45, 2.75) is 49.1 Å². The molecule has 0 aliphatic carbocycles. The first kappa shape index (κ1) is 43.1. The molecule has 0 bridgehead atoms. The maximum absolute atomic E-state index is 13.3. The summed E-state index contributed by atoms with van der Waals surface area (Å²) < 4.78 is 25.3. The average molecular weight is 866 g/mol. The standard InChI is InChI=1S/C45H51N7O9S/c46-41(54)39-40(30-9-11-32(12-10-30)61-31-5-2-1-3-6-31)49-52-34(15-18-47-42(39)52)29-16-19-50(20-17-29)21-22-58-23-24-59-25-26-60-27-28-62-36-8-4-7-33-38(36)45(57)51(44(33)56)35-13-14-37(53)48-43(35)55/h1-12,29,34-35,47H,13-28H2,(H2,46,54)(H,48,53,55). The van der Waals surface area contributed by atoms with Crippen molar-refractivity contribution in [1.82, 2.24) is 24.9 Å². The molecule has 3 aromatic carbocycles. The first-order chi connectivity index (χ1) is 30.3. The van der Waals surface area contributed by atoms with Crippen molar-refractivity contribution in [2.24, 2.45) is 11.7 Å². The number of fused-ring (bicyclic) bond motifs is 2. The highest BCUT2D eigenvalue weighted by atomic mass is 32.2. The van der Waals surface area contributed by atoms with Gasteiger partial charge in [0.15, 0.2) is 0 Å². The minimum Gasteiger partial charge on any atom is -0.457 e. The molecule has 62 heavy (non-hydrogen) atoms. The van der Waals surface area contributed by atoms with Gasteiger partial charge in [0, 0.05) is 35.7 Å². The summed E-state index contributed by atoms with van der Waals surface area (Å²) in [5.41, 5.74) is 8.30. The number of hydrogen-bond acceptors (Lipinski definition) is 13. The van der Waals surface area contributed by atoms with Crippen LogP contribution in [0, 0.1) is 5.92 Å². The molecule has 5 heterocycles. The van der Waals surface area contributed by atoms with Crippen LogP contribution in [-0.4, -0.2) is 127 Å². The number of rotatable bonds is 19. The Kier molecular flexibility index (Phi) is 13.9. The number of hydrogen-bond donors (Lipinski definition) is 3. The molecule has 326 valence electrons. The minimum absolute atomic E-state index is 0.0744. The first-order valence-electron chi connectivity index (χ1n) is 21.2. The van der Waals surface area contributed by atoms with Crippen molar-refractivity contribution in [3.63, 3.8) is 0 Å². The monoisotopic (exact) mass is 865 g/mol. The van der Waals surface area contributed by atoms with Crippen molar-refractivity contribution in [2.75, 3.05) is 76.9 Å². The van der Waals surface area contributed by atoms with Crippen LogP contribution in [0.3, 0.4) is 0 Å². The van der Waals surface area contributed by atoms with Crippen molar-refractivity contribution < 1.29 is 42.9 Å². The van der Waals surface area contributed by atoms with E-state index < -0.39 is 35.6 Å². The quantitative estimate of drug-likeness (QED) is 0.0664. The molecular formula is C45H51N7O9S. The number of carbonyl (C=O) groups excluding carboxylic acids is 5. The molecule has 17 heteroatoms. The first-order valence-corrected chi connectivity index (χ1v) is 22.2. The Balaban J connectivity index is 0.704. The van der Waals surface area contributed by atoms with E-state index in [-0.39, 0.29) is 30.0 Å². The van der Waals surface area contributed by atoms with E-state index in [1.807, 2.05) is 59.3 Å². The number of ether oxygens (including phenoxy) is 4. The van der Waals surface area contributed by atoms with Crippen LogP contribution in [0.2, 0.25) is 0 Å². The lowest BCUT2D eigenvalue weighted by molar-refractivity contribution is -0.136. The van der Waals surface area contributed by atoms with Gasteiger partial charge in [0.2, 0.25) is 11.8 Å². The van der Waals surface area contributed by atoms with Crippen molar-refractivity contribution in [3.05, 3.63) is 89.5 Å². The molecule has 1 aromatic heterocycles. The Labute approximate surface area is 363 Å². The molecule has 0 saturated carbocycles. The summed E-state index contributed by atoms with van der Waals surface area (Å²) in [4.78, 5) is 67.2. The van der Waals surface area contributed by atoms with Gasteiger partial charge in [-0.05, 0) is 93.2 Å². The Morgan fingerprint density at radius 1 is 0.790 bits per heavy atom. The number of imide groups is 2. The average Bonchev–Trinajstić information content (AvgIpc) is 3.80. The molecule has 0 spiro atoms. The van der Waals surface area contributed by atoms with E-state index in [4.69, 9.17) is 29.8 Å². The fraction of sp³-hybridized carbons (Fsp3) is 0.422. The number of primary amides is 1. The molecule has 4 aromatic rings. The van der Waals surface area contributed by atoms with E-state index >= 15 is 0 Å². The van der Waals surface area contributed by atoms with Gasteiger partial charge in [-0.2, -0.15) is 5.10 Å². The molecule has 2 fully saturated rings. The SMILES string of the molecule is NC(=O)c1c(-c2ccc(Oc3ccccc3)cc2)nn2c1NCCC2C1CCN(CCOCCOCCOCCSc2cccc3c2C(=O)N(C2CCC(=O)NC2=O)C3=O)CC1. The molecule has 4 N–H and O–H groups in total. The van der Waals surface area contributed by atoms with Gasteiger partial charge in [-0.15, -0.1) is 11.8 Å². The van der Waals surface area contributed by atoms with E-state index in [0.717, 1.165) is 61.7 Å². The van der Waals surface area contributed by atoms with E-state index in [1.165, 1.54) is 11.8 Å². The Bertz CT molecular complexity index is 2260. The molecule has 8 rings (SSSR count). The van der Waals surface area contributed by atoms with Gasteiger partial charge in [-0.25, -0.2) is 4.68 Å². The summed E-state index contributed by atoms with van der Waals surface area (Å²) >= 11 is 1.41. The fourth-order valence-corrected chi connectivity index (χ4v) is 9.53. The molecular weight excluding hydrogens is 815 g/mol. The Hall–Kier alpha value is -5.59. The van der Waals surface area contributed by atoms with Crippen LogP contribution in [0.1, 0.15) is 69.2 Å². The lowest BCUT2D eigenvalue weighted by Gasteiger charge is -2.38. The number of carbonyl (C=O) groups is 5. The second kappa shape index (κ2) is 20.1. The van der Waals surface area contributed by atoms with Gasteiger partial charge in [-0.3, -0.25) is 34.2 Å². The highest BCUT2D eigenvalue weighted by Gasteiger charge is 2.45. The number of thioether (sulfide) groups is 1. The van der Waals surface area contributed by atoms with Crippen LogP contribution < -0.4 is 21.1 Å². The van der Waals surface area contributed by atoms with E-state index in [0.29, 0.717) is 79.0 Å². The van der Waals surface area contributed by atoms with Crippen LogP contribution in [0.15, 0.2) is 77.7 Å². The predicted octanol–water partition coefficient (Wildman–Crippen LogP) is 4.75. The number of anilines is 1. The normalized spacial score (nSPS) is 19.3. The lowest BCUT2D eigenvalue weighted by atomic mass is 9.87. The van der Waals surface area contributed by atoms with E-state index in [9.17, 15) is 24.0 Å². The second-order valence-electron chi connectivity index (χ2n) is 15.6. The predicted molar refractivity (Wildman–Crippen MR) is 230 cm³/mol. The molecule has 4 aliphatic heterocycles. The summed E-state index contributed by atoms with van der Waals surface area (Å²) in [7, 11) is 0. The van der Waals surface area contributed by atoms with Crippen LogP contribution in [0.4, 0.5) is 5.82 Å². The van der Waals surface area contributed by atoms with Crippen LogP contribution >= 0.6 is 11.8 Å². The lowest BCUT2D eigenvalue weighted by Crippen LogP contribution is -2.54. The van der Waals surface area contributed by atoms with Crippen molar-refractivity contribution >= 4 is 47.1 Å². The largest absolute Gasteiger partial charge is 0.457 e. The highest BCUT2D eigenvalue weighted by Crippen LogP contribution is 2.40. The smallest absolute Gasteiger partial charge is 0.263 e. The number of aromatic nitrogens is 2. The third kappa shape index (κ3) is 9.71. The zero-order chi connectivity index (χ0) is 43.0. The van der Waals surface area contributed by atoms with Crippen LogP contribution in [0.25, 0.3) is 11.3 Å². The zero-order valence-corrected chi connectivity index (χ0v) is 35.2. The molecule has 16 nitrogen and oxygen atoms in total. The van der Waals surface area contributed by atoms with Gasteiger partial charge in [0.1, 0.15) is 34.6 Å². The Morgan fingerprint density at radius 2 is 1.50 bits per heavy atom. The van der Waals surface area contributed by atoms with Gasteiger partial charge in [0.25, 0.3) is 17.7 Å². The summed E-state index contributed by atoms with van der Waals surface area (Å²) in [6.07, 6.45) is 3.15. The number of amides is 5. The number of piperidine rings is 2. The van der Waals surface area contributed by atoms with Crippen molar-refractivity contribution in [1.29, 1.82) is 0 Å². The van der Waals surface area contributed by atoms with Crippen molar-refractivity contribution in [3.8, 4) is 22.8 Å². The number of benzene rings is 3. The van der Waals surface area contributed by atoms with E-state index in [1.54, 1.807) is 18.2 Å². The zero-order valence-electron chi connectivity index (χ0n) is 34.4. The second-order valence-corrected chi connectivity index (χ2v) is 16.7. The molecule has 2 saturated heterocycles. The maximum atomic E-state index is 13.3. The summed E-state index contributed by atoms with van der Waals surface area (Å²) in [5, 5.41) is 10.6. The third-order valence-electron chi connectivity index (χ3n) is 11.7. The van der Waals surface area contributed by atoms with Gasteiger partial charge < -0.3 is 34.9 Å². The molecule has 2 unspecified atom stereocenters. The van der Waals surface area contributed by atoms with E-state index in [2.05, 4.69) is 15.5 Å². The van der Waals surface area contributed by atoms with Gasteiger partial charge in [-0.1, -0.05) is 24.3 Å².